The van der Waals surface area contributed by atoms with Gasteiger partial charge in [-0.15, -0.1) is 0 Å². The van der Waals surface area contributed by atoms with Crippen molar-refractivity contribution < 1.29 is 9.47 Å². The van der Waals surface area contributed by atoms with E-state index in [0.29, 0.717) is 6.61 Å². The van der Waals surface area contributed by atoms with Gasteiger partial charge in [-0.3, -0.25) is 0 Å². The van der Waals surface area contributed by atoms with Crippen LogP contribution < -0.4 is 9.47 Å². The van der Waals surface area contributed by atoms with Crippen LogP contribution in [0.2, 0.25) is 0 Å². The SMILES string of the molecule is [CH2]COc1ccccc1OCCC. The molecule has 0 aliphatic heterocycles. The maximum absolute atomic E-state index is 5.49. The first kappa shape index (κ1) is 9.90. The second-order valence-corrected chi connectivity index (χ2v) is 2.64. The number of ether oxygens (including phenoxy) is 2. The van der Waals surface area contributed by atoms with Crippen LogP contribution in [0, 0.1) is 6.92 Å². The third-order valence-corrected chi connectivity index (χ3v) is 1.57. The summed E-state index contributed by atoms with van der Waals surface area (Å²) in [5, 5.41) is 0. The summed E-state index contributed by atoms with van der Waals surface area (Å²) in [5.41, 5.74) is 0. The summed E-state index contributed by atoms with van der Waals surface area (Å²) < 4.78 is 10.8. The van der Waals surface area contributed by atoms with Crippen LogP contribution in [-0.2, 0) is 0 Å². The van der Waals surface area contributed by atoms with Crippen LogP contribution in [0.4, 0.5) is 0 Å². The van der Waals surface area contributed by atoms with E-state index in [4.69, 9.17) is 9.47 Å². The molecular weight excluding hydrogens is 164 g/mol. The van der Waals surface area contributed by atoms with Gasteiger partial charge in [0, 0.05) is 0 Å². The summed E-state index contributed by atoms with van der Waals surface area (Å²) in [6, 6.07) is 7.64. The van der Waals surface area contributed by atoms with Gasteiger partial charge in [-0.1, -0.05) is 19.1 Å². The van der Waals surface area contributed by atoms with Gasteiger partial charge in [0.15, 0.2) is 11.5 Å². The lowest BCUT2D eigenvalue weighted by Gasteiger charge is -2.10. The Kier molecular flexibility index (Phi) is 4.16. The Morgan fingerprint density at radius 2 is 1.77 bits per heavy atom. The lowest BCUT2D eigenvalue weighted by molar-refractivity contribution is 0.283. The van der Waals surface area contributed by atoms with E-state index in [1.54, 1.807) is 0 Å². The zero-order chi connectivity index (χ0) is 9.52. The molecule has 0 spiro atoms. The largest absolute Gasteiger partial charge is 0.490 e. The Morgan fingerprint density at radius 1 is 1.15 bits per heavy atom. The number of hydrogen-bond donors (Lipinski definition) is 0. The van der Waals surface area contributed by atoms with E-state index in [1.165, 1.54) is 0 Å². The van der Waals surface area contributed by atoms with E-state index >= 15 is 0 Å². The van der Waals surface area contributed by atoms with Crippen LogP contribution in [0.25, 0.3) is 0 Å². The Hall–Kier alpha value is -1.18. The number of hydrogen-bond acceptors (Lipinski definition) is 2. The first-order valence-corrected chi connectivity index (χ1v) is 4.52. The van der Waals surface area contributed by atoms with E-state index in [2.05, 4.69) is 13.8 Å². The van der Waals surface area contributed by atoms with Crippen molar-refractivity contribution in [2.75, 3.05) is 13.2 Å². The Labute approximate surface area is 79.5 Å². The minimum Gasteiger partial charge on any atom is -0.490 e. The van der Waals surface area contributed by atoms with E-state index in [9.17, 15) is 0 Å². The Bertz CT molecular complexity index is 246. The smallest absolute Gasteiger partial charge is 0.161 e. The highest BCUT2D eigenvalue weighted by atomic mass is 16.5. The van der Waals surface area contributed by atoms with Gasteiger partial charge in [-0.2, -0.15) is 0 Å². The summed E-state index contributed by atoms with van der Waals surface area (Å²) in [5.74, 6) is 1.57. The normalized spacial score (nSPS) is 9.69. The molecule has 2 heteroatoms. The van der Waals surface area contributed by atoms with Crippen molar-refractivity contribution in [2.45, 2.75) is 13.3 Å². The Balaban J connectivity index is 2.66. The van der Waals surface area contributed by atoms with Crippen LogP contribution in [0.1, 0.15) is 13.3 Å². The van der Waals surface area contributed by atoms with Crippen LogP contribution in [-0.4, -0.2) is 13.2 Å². The highest BCUT2D eigenvalue weighted by Crippen LogP contribution is 2.26. The molecule has 0 N–H and O–H groups in total. The predicted octanol–water partition coefficient (Wildman–Crippen LogP) is 2.69. The first-order valence-electron chi connectivity index (χ1n) is 4.52. The van der Waals surface area contributed by atoms with E-state index < -0.39 is 0 Å². The number of benzene rings is 1. The molecule has 1 radical (unpaired) electrons. The third-order valence-electron chi connectivity index (χ3n) is 1.57. The molecule has 0 bridgehead atoms. The third kappa shape index (κ3) is 2.98. The van der Waals surface area contributed by atoms with Gasteiger partial charge < -0.3 is 9.47 Å². The maximum atomic E-state index is 5.49. The molecule has 0 aliphatic carbocycles. The number of rotatable bonds is 5. The number of para-hydroxylation sites is 2. The van der Waals surface area contributed by atoms with Crippen LogP contribution in [0.5, 0.6) is 11.5 Å². The molecule has 1 aromatic carbocycles. The van der Waals surface area contributed by atoms with E-state index in [0.717, 1.165) is 24.5 Å². The van der Waals surface area contributed by atoms with Gasteiger partial charge in [0.05, 0.1) is 13.2 Å². The molecular formula is C11H15O2. The fourth-order valence-electron chi connectivity index (χ4n) is 1.01. The molecule has 0 atom stereocenters. The summed E-state index contributed by atoms with van der Waals surface area (Å²) in [6.45, 7) is 6.84. The highest BCUT2D eigenvalue weighted by molar-refractivity contribution is 5.39. The van der Waals surface area contributed by atoms with Crippen molar-refractivity contribution in [1.82, 2.24) is 0 Å². The summed E-state index contributed by atoms with van der Waals surface area (Å²) in [6.07, 6.45) is 0.999. The first-order chi connectivity index (χ1) is 6.38. The molecule has 0 aromatic heterocycles. The lowest BCUT2D eigenvalue weighted by Crippen LogP contribution is -1.99. The van der Waals surface area contributed by atoms with Gasteiger partial charge in [-0.25, -0.2) is 0 Å². The molecule has 0 aliphatic rings. The minimum absolute atomic E-state index is 0.423. The monoisotopic (exact) mass is 179 g/mol. The molecule has 2 nitrogen and oxygen atoms in total. The topological polar surface area (TPSA) is 18.5 Å². The highest BCUT2D eigenvalue weighted by Gasteiger charge is 2.01. The fraction of sp³-hybridized carbons (Fsp3) is 0.364. The molecule has 1 rings (SSSR count). The molecule has 1 aromatic rings. The van der Waals surface area contributed by atoms with Gasteiger partial charge in [-0.05, 0) is 25.5 Å². The average molecular weight is 179 g/mol. The van der Waals surface area contributed by atoms with Gasteiger partial charge in [0.2, 0.25) is 0 Å². The van der Waals surface area contributed by atoms with Crippen LogP contribution >= 0.6 is 0 Å². The predicted molar refractivity (Wildman–Crippen MR) is 53.1 cm³/mol. The quantitative estimate of drug-likeness (QED) is 0.691. The Morgan fingerprint density at radius 3 is 2.31 bits per heavy atom. The van der Waals surface area contributed by atoms with Crippen LogP contribution in [0.15, 0.2) is 24.3 Å². The molecule has 0 unspecified atom stereocenters. The maximum Gasteiger partial charge on any atom is 0.161 e. The van der Waals surface area contributed by atoms with Gasteiger partial charge >= 0.3 is 0 Å². The average Bonchev–Trinajstić information content (AvgIpc) is 2.17. The van der Waals surface area contributed by atoms with Crippen molar-refractivity contribution in [3.05, 3.63) is 31.2 Å². The van der Waals surface area contributed by atoms with Crippen molar-refractivity contribution in [1.29, 1.82) is 0 Å². The molecule has 0 amide bonds. The molecule has 0 fully saturated rings. The van der Waals surface area contributed by atoms with E-state index in [-0.39, 0.29) is 0 Å². The van der Waals surface area contributed by atoms with Gasteiger partial charge in [0.1, 0.15) is 0 Å². The molecule has 71 valence electrons. The summed E-state index contributed by atoms with van der Waals surface area (Å²) in [4.78, 5) is 0. The molecule has 0 heterocycles. The van der Waals surface area contributed by atoms with Gasteiger partial charge in [0.25, 0.3) is 0 Å². The van der Waals surface area contributed by atoms with E-state index in [1.807, 2.05) is 24.3 Å². The zero-order valence-corrected chi connectivity index (χ0v) is 7.95. The summed E-state index contributed by atoms with van der Waals surface area (Å²) >= 11 is 0. The minimum atomic E-state index is 0.423. The lowest BCUT2D eigenvalue weighted by atomic mass is 10.3. The van der Waals surface area contributed by atoms with Crippen molar-refractivity contribution in [3.8, 4) is 11.5 Å². The van der Waals surface area contributed by atoms with Crippen molar-refractivity contribution in [3.63, 3.8) is 0 Å². The second kappa shape index (κ2) is 5.46. The van der Waals surface area contributed by atoms with Crippen molar-refractivity contribution in [2.24, 2.45) is 0 Å². The molecule has 0 saturated heterocycles. The molecule has 13 heavy (non-hydrogen) atoms. The summed E-state index contributed by atoms with van der Waals surface area (Å²) in [7, 11) is 0. The van der Waals surface area contributed by atoms with Crippen LogP contribution in [0.3, 0.4) is 0 Å². The molecule has 0 saturated carbocycles. The van der Waals surface area contributed by atoms with Crippen molar-refractivity contribution >= 4 is 0 Å². The standard InChI is InChI=1S/C11H15O2/c1-3-9-13-11-8-6-5-7-10(11)12-4-2/h5-8H,2-4,9H2,1H3. The second-order valence-electron chi connectivity index (χ2n) is 2.64. The fourth-order valence-corrected chi connectivity index (χ4v) is 1.01. The zero-order valence-electron chi connectivity index (χ0n) is 7.95.